The van der Waals surface area contributed by atoms with Crippen molar-refractivity contribution in [3.63, 3.8) is 0 Å². The number of aryl methyl sites for hydroxylation is 1. The highest BCUT2D eigenvalue weighted by Crippen LogP contribution is 2.41. The zero-order valence-electron chi connectivity index (χ0n) is 10.4. The highest BCUT2D eigenvalue weighted by Gasteiger charge is 2.21. The van der Waals surface area contributed by atoms with Gasteiger partial charge < -0.3 is 14.6 Å². The Hall–Kier alpha value is -1.23. The summed E-state index contributed by atoms with van der Waals surface area (Å²) in [6.45, 7) is 2.98. The Labute approximate surface area is 120 Å². The van der Waals surface area contributed by atoms with Gasteiger partial charge in [-0.25, -0.2) is 0 Å². The number of hydrogen-bond donors (Lipinski definition) is 1. The van der Waals surface area contributed by atoms with E-state index in [1.165, 1.54) is 11.3 Å². The molecule has 1 unspecified atom stereocenters. The predicted octanol–water partition coefficient (Wildman–Crippen LogP) is 3.56. The fourth-order valence-electron chi connectivity index (χ4n) is 2.10. The van der Waals surface area contributed by atoms with Crippen LogP contribution in [0.15, 0.2) is 23.6 Å². The first-order valence-corrected chi connectivity index (χ1v) is 7.23. The lowest BCUT2D eigenvalue weighted by atomic mass is 10.0. The molecule has 19 heavy (non-hydrogen) atoms. The summed E-state index contributed by atoms with van der Waals surface area (Å²) in [5.74, 6) is 1.16. The fourth-order valence-corrected chi connectivity index (χ4v) is 3.32. The molecule has 1 N–H and O–H groups in total. The van der Waals surface area contributed by atoms with E-state index in [1.54, 1.807) is 12.1 Å². The minimum Gasteiger partial charge on any atom is -0.486 e. The molecule has 2 aromatic rings. The quantitative estimate of drug-likeness (QED) is 0.921. The first-order chi connectivity index (χ1) is 9.16. The molecule has 1 aliphatic rings. The Morgan fingerprint density at radius 3 is 2.84 bits per heavy atom. The van der Waals surface area contributed by atoms with Crippen LogP contribution in [0.4, 0.5) is 0 Å². The minimum atomic E-state index is -0.687. The molecule has 0 aliphatic carbocycles. The first-order valence-electron chi connectivity index (χ1n) is 5.98. The lowest BCUT2D eigenvalue weighted by Gasteiger charge is -2.21. The SMILES string of the molecule is Cc1ccsc1C(O)c1cc(Cl)c2c(c1)OCCO2. The van der Waals surface area contributed by atoms with Crippen LogP contribution in [0.5, 0.6) is 11.5 Å². The topological polar surface area (TPSA) is 38.7 Å². The molecule has 3 rings (SSSR count). The van der Waals surface area contributed by atoms with Crippen LogP contribution < -0.4 is 9.47 Å². The third kappa shape index (κ3) is 2.31. The molecule has 3 nitrogen and oxygen atoms in total. The summed E-state index contributed by atoms with van der Waals surface area (Å²) in [5, 5.41) is 12.9. The van der Waals surface area contributed by atoms with Gasteiger partial charge in [0.1, 0.15) is 19.3 Å². The van der Waals surface area contributed by atoms with Gasteiger partial charge in [0.05, 0.1) is 5.02 Å². The van der Waals surface area contributed by atoms with E-state index in [1.807, 2.05) is 18.4 Å². The van der Waals surface area contributed by atoms with Crippen LogP contribution >= 0.6 is 22.9 Å². The van der Waals surface area contributed by atoms with Gasteiger partial charge in [-0.15, -0.1) is 11.3 Å². The number of aliphatic hydroxyl groups excluding tert-OH is 1. The third-order valence-corrected chi connectivity index (χ3v) is 4.44. The van der Waals surface area contributed by atoms with Gasteiger partial charge in [0.15, 0.2) is 11.5 Å². The third-order valence-electron chi connectivity index (χ3n) is 3.08. The summed E-state index contributed by atoms with van der Waals surface area (Å²) < 4.78 is 11.0. The number of halogens is 1. The molecule has 0 bridgehead atoms. The molecule has 1 atom stereocenters. The van der Waals surface area contributed by atoms with Gasteiger partial charge >= 0.3 is 0 Å². The van der Waals surface area contributed by atoms with Crippen molar-refractivity contribution in [1.29, 1.82) is 0 Å². The van der Waals surface area contributed by atoms with Crippen LogP contribution in [0.3, 0.4) is 0 Å². The zero-order chi connectivity index (χ0) is 13.4. The number of aliphatic hydroxyl groups is 1. The molecular formula is C14H13ClO3S. The number of fused-ring (bicyclic) bond motifs is 1. The van der Waals surface area contributed by atoms with Crippen molar-refractivity contribution in [2.45, 2.75) is 13.0 Å². The molecule has 1 aromatic heterocycles. The van der Waals surface area contributed by atoms with Crippen molar-refractivity contribution in [3.05, 3.63) is 44.6 Å². The van der Waals surface area contributed by atoms with E-state index < -0.39 is 6.10 Å². The molecule has 0 amide bonds. The van der Waals surface area contributed by atoms with E-state index in [4.69, 9.17) is 21.1 Å². The van der Waals surface area contributed by atoms with E-state index in [0.717, 1.165) is 16.0 Å². The van der Waals surface area contributed by atoms with E-state index in [-0.39, 0.29) is 0 Å². The molecule has 100 valence electrons. The molecule has 0 saturated heterocycles. The number of ether oxygens (including phenoxy) is 2. The van der Waals surface area contributed by atoms with Crippen LogP contribution in [0.1, 0.15) is 22.1 Å². The molecule has 0 radical (unpaired) electrons. The monoisotopic (exact) mass is 296 g/mol. The van der Waals surface area contributed by atoms with E-state index in [0.29, 0.717) is 29.7 Å². The van der Waals surface area contributed by atoms with Crippen molar-refractivity contribution in [3.8, 4) is 11.5 Å². The van der Waals surface area contributed by atoms with E-state index >= 15 is 0 Å². The van der Waals surface area contributed by atoms with Crippen LogP contribution in [-0.4, -0.2) is 18.3 Å². The second-order valence-corrected chi connectivity index (χ2v) is 5.75. The summed E-state index contributed by atoms with van der Waals surface area (Å²) in [6, 6.07) is 5.52. The molecular weight excluding hydrogens is 284 g/mol. The molecule has 0 fully saturated rings. The van der Waals surface area contributed by atoms with E-state index in [9.17, 15) is 5.11 Å². The average molecular weight is 297 g/mol. The fraction of sp³-hybridized carbons (Fsp3) is 0.286. The number of thiophene rings is 1. The average Bonchev–Trinajstić information content (AvgIpc) is 2.84. The van der Waals surface area contributed by atoms with Crippen LogP contribution in [0, 0.1) is 6.92 Å². The second-order valence-electron chi connectivity index (χ2n) is 4.40. The highest BCUT2D eigenvalue weighted by molar-refractivity contribution is 7.10. The van der Waals surface area contributed by atoms with Crippen LogP contribution in [0.25, 0.3) is 0 Å². The lowest BCUT2D eigenvalue weighted by Crippen LogP contribution is -2.16. The van der Waals surface area contributed by atoms with Gasteiger partial charge in [-0.3, -0.25) is 0 Å². The minimum absolute atomic E-state index is 0.473. The van der Waals surface area contributed by atoms with E-state index in [2.05, 4.69) is 0 Å². The lowest BCUT2D eigenvalue weighted by molar-refractivity contribution is 0.170. The predicted molar refractivity (Wildman–Crippen MR) is 75.6 cm³/mol. The normalized spacial score (nSPS) is 15.3. The Morgan fingerprint density at radius 2 is 2.11 bits per heavy atom. The van der Waals surface area contributed by atoms with Gasteiger partial charge in [-0.2, -0.15) is 0 Å². The summed E-state index contributed by atoms with van der Waals surface area (Å²) in [6.07, 6.45) is -0.687. The largest absolute Gasteiger partial charge is 0.486 e. The van der Waals surface area contributed by atoms with Crippen molar-refractivity contribution in [2.24, 2.45) is 0 Å². The number of benzene rings is 1. The Morgan fingerprint density at radius 1 is 1.32 bits per heavy atom. The maximum absolute atomic E-state index is 10.4. The summed E-state index contributed by atoms with van der Waals surface area (Å²) in [4.78, 5) is 0.924. The van der Waals surface area contributed by atoms with Gasteiger partial charge in [-0.05, 0) is 41.6 Å². The Kier molecular flexibility index (Phi) is 3.39. The molecule has 0 saturated carbocycles. The molecule has 2 heterocycles. The maximum atomic E-state index is 10.4. The highest BCUT2D eigenvalue weighted by atomic mass is 35.5. The molecule has 1 aromatic carbocycles. The van der Waals surface area contributed by atoms with Crippen molar-refractivity contribution in [2.75, 3.05) is 13.2 Å². The summed E-state index contributed by atoms with van der Waals surface area (Å²) in [7, 11) is 0. The standard InChI is InChI=1S/C14H13ClO3S/c1-8-2-5-19-14(8)12(16)9-6-10(15)13-11(7-9)17-3-4-18-13/h2,5-7,12,16H,3-4H2,1H3. The molecule has 5 heteroatoms. The Bertz CT molecular complexity index is 609. The second kappa shape index (κ2) is 5.04. The van der Waals surface area contributed by atoms with Gasteiger partial charge in [-0.1, -0.05) is 11.6 Å². The van der Waals surface area contributed by atoms with Crippen molar-refractivity contribution in [1.82, 2.24) is 0 Å². The molecule has 0 spiro atoms. The molecule has 1 aliphatic heterocycles. The smallest absolute Gasteiger partial charge is 0.179 e. The van der Waals surface area contributed by atoms with Crippen molar-refractivity contribution >= 4 is 22.9 Å². The number of hydrogen-bond acceptors (Lipinski definition) is 4. The zero-order valence-corrected chi connectivity index (χ0v) is 11.9. The van der Waals surface area contributed by atoms with Crippen molar-refractivity contribution < 1.29 is 14.6 Å². The number of rotatable bonds is 2. The van der Waals surface area contributed by atoms with Crippen LogP contribution in [0.2, 0.25) is 5.02 Å². The van der Waals surface area contributed by atoms with Gasteiger partial charge in [0.25, 0.3) is 0 Å². The first kappa shape index (κ1) is 12.8. The van der Waals surface area contributed by atoms with Crippen LogP contribution in [-0.2, 0) is 0 Å². The summed E-state index contributed by atoms with van der Waals surface area (Å²) >= 11 is 7.71. The summed E-state index contributed by atoms with van der Waals surface area (Å²) in [5.41, 5.74) is 1.79. The Balaban J connectivity index is 2.02. The van der Waals surface area contributed by atoms with Gasteiger partial charge in [0.2, 0.25) is 0 Å². The van der Waals surface area contributed by atoms with Gasteiger partial charge in [0, 0.05) is 4.88 Å². The maximum Gasteiger partial charge on any atom is 0.179 e.